The molecule has 0 spiro atoms. The lowest BCUT2D eigenvalue weighted by Gasteiger charge is -2.14. The van der Waals surface area contributed by atoms with Gasteiger partial charge < -0.3 is 10.6 Å². The number of aromatic nitrogens is 2. The molecule has 0 bridgehead atoms. The molecule has 0 aliphatic rings. The number of nitrogens with one attached hydrogen (secondary N) is 2. The number of nitrogens with zero attached hydrogens (tertiary/aromatic N) is 3. The molecule has 5 nitrogen and oxygen atoms in total. The van der Waals surface area contributed by atoms with Crippen molar-refractivity contribution in [2.75, 3.05) is 17.7 Å². The van der Waals surface area contributed by atoms with E-state index in [4.69, 9.17) is 5.26 Å². The predicted molar refractivity (Wildman–Crippen MR) is 80.0 cm³/mol. The van der Waals surface area contributed by atoms with Crippen LogP contribution in [0.4, 0.5) is 21.7 Å². The highest BCUT2D eigenvalue weighted by Gasteiger charge is 2.12. The van der Waals surface area contributed by atoms with Gasteiger partial charge in [-0.1, -0.05) is 13.3 Å². The molecule has 108 valence electrons. The van der Waals surface area contributed by atoms with Crippen LogP contribution >= 0.6 is 0 Å². The number of rotatable bonds is 5. The molecule has 2 N–H and O–H groups in total. The lowest BCUT2D eigenvalue weighted by atomic mass is 10.1. The molecular weight excluding hydrogens is 269 g/mol. The molecule has 1 heterocycles. The molecule has 2 rings (SSSR count). The highest BCUT2D eigenvalue weighted by Crippen LogP contribution is 2.26. The first kappa shape index (κ1) is 14.7. The van der Waals surface area contributed by atoms with Crippen molar-refractivity contribution in [2.24, 2.45) is 0 Å². The van der Waals surface area contributed by atoms with Crippen molar-refractivity contribution < 1.29 is 4.39 Å². The molecule has 2 aromatic rings. The van der Waals surface area contributed by atoms with Crippen LogP contribution in [0.5, 0.6) is 0 Å². The van der Waals surface area contributed by atoms with Crippen molar-refractivity contribution in [3.8, 4) is 6.07 Å². The second-order valence-corrected chi connectivity index (χ2v) is 4.48. The summed E-state index contributed by atoms with van der Waals surface area (Å²) >= 11 is 0. The van der Waals surface area contributed by atoms with E-state index in [0.29, 0.717) is 11.5 Å². The van der Waals surface area contributed by atoms with E-state index < -0.39 is 5.82 Å². The minimum Gasteiger partial charge on any atom is -0.373 e. The van der Waals surface area contributed by atoms with E-state index in [1.54, 1.807) is 7.05 Å². The molecule has 0 saturated carbocycles. The summed E-state index contributed by atoms with van der Waals surface area (Å²) in [6.07, 6.45) is 3.18. The topological polar surface area (TPSA) is 73.6 Å². The van der Waals surface area contributed by atoms with E-state index in [1.807, 2.05) is 6.07 Å². The van der Waals surface area contributed by atoms with E-state index >= 15 is 0 Å². The Kier molecular flexibility index (Phi) is 4.67. The summed E-state index contributed by atoms with van der Waals surface area (Å²) in [5.74, 6) is 0.929. The van der Waals surface area contributed by atoms with Gasteiger partial charge in [0, 0.05) is 12.6 Å². The van der Waals surface area contributed by atoms with Crippen molar-refractivity contribution in [3.63, 3.8) is 0 Å². The normalized spacial score (nSPS) is 10.0. The molecule has 0 radical (unpaired) electrons. The van der Waals surface area contributed by atoms with E-state index in [2.05, 4.69) is 27.5 Å². The van der Waals surface area contributed by atoms with E-state index in [9.17, 15) is 4.39 Å². The van der Waals surface area contributed by atoms with Crippen LogP contribution in [0.25, 0.3) is 0 Å². The van der Waals surface area contributed by atoms with Gasteiger partial charge in [0.15, 0.2) is 0 Å². The van der Waals surface area contributed by atoms with E-state index in [0.717, 1.165) is 24.2 Å². The molecule has 0 fully saturated rings. The van der Waals surface area contributed by atoms with Crippen LogP contribution in [-0.4, -0.2) is 17.0 Å². The molecule has 0 amide bonds. The van der Waals surface area contributed by atoms with Gasteiger partial charge in [-0.15, -0.1) is 0 Å². The first-order chi connectivity index (χ1) is 10.2. The molecule has 0 aliphatic heterocycles. The average Bonchev–Trinajstić information content (AvgIpc) is 2.50. The number of anilines is 3. The Hall–Kier alpha value is -2.68. The summed E-state index contributed by atoms with van der Waals surface area (Å²) in [6, 6.07) is 6.01. The molecule has 0 atom stereocenters. The largest absolute Gasteiger partial charge is 0.373 e. The fourth-order valence-electron chi connectivity index (χ4n) is 2.07. The number of nitriles is 1. The van der Waals surface area contributed by atoms with Crippen LogP contribution < -0.4 is 10.6 Å². The summed E-state index contributed by atoms with van der Waals surface area (Å²) in [6.45, 7) is 2.06. The van der Waals surface area contributed by atoms with Gasteiger partial charge in [-0.3, -0.25) is 0 Å². The summed E-state index contributed by atoms with van der Waals surface area (Å²) in [7, 11) is 1.80. The Morgan fingerprint density at radius 2 is 2.05 bits per heavy atom. The third kappa shape index (κ3) is 3.26. The van der Waals surface area contributed by atoms with E-state index in [1.165, 1.54) is 24.5 Å². The standard InChI is InChI=1S/C15H16FN5/c1-3-4-12-14(18-2)19-9-20-15(12)21-13-6-5-11(16)7-10(13)8-17/h5-7,9H,3-4H2,1-2H3,(H2,18,19,20,21). The zero-order valence-electron chi connectivity index (χ0n) is 11.9. The Morgan fingerprint density at radius 3 is 2.71 bits per heavy atom. The van der Waals surface area contributed by atoms with Crippen molar-refractivity contribution in [1.29, 1.82) is 5.26 Å². The second-order valence-electron chi connectivity index (χ2n) is 4.48. The molecule has 1 aromatic heterocycles. The number of halogens is 1. The quantitative estimate of drug-likeness (QED) is 0.882. The minimum atomic E-state index is -0.440. The Bertz CT molecular complexity index is 678. The van der Waals surface area contributed by atoms with Crippen LogP contribution in [0.15, 0.2) is 24.5 Å². The Labute approximate surface area is 122 Å². The number of benzene rings is 1. The molecule has 21 heavy (non-hydrogen) atoms. The van der Waals surface area contributed by atoms with Crippen molar-refractivity contribution in [2.45, 2.75) is 19.8 Å². The first-order valence-electron chi connectivity index (χ1n) is 6.67. The van der Waals surface area contributed by atoms with Gasteiger partial charge in [0.2, 0.25) is 0 Å². The van der Waals surface area contributed by atoms with Gasteiger partial charge in [0.1, 0.15) is 29.8 Å². The van der Waals surface area contributed by atoms with Crippen LogP contribution in [0.1, 0.15) is 24.5 Å². The van der Waals surface area contributed by atoms with Gasteiger partial charge in [0.25, 0.3) is 0 Å². The lowest BCUT2D eigenvalue weighted by molar-refractivity contribution is 0.627. The molecular formula is C15H16FN5. The average molecular weight is 285 g/mol. The maximum atomic E-state index is 13.2. The van der Waals surface area contributed by atoms with Gasteiger partial charge >= 0.3 is 0 Å². The zero-order chi connectivity index (χ0) is 15.2. The summed E-state index contributed by atoms with van der Waals surface area (Å²) in [5, 5.41) is 15.2. The van der Waals surface area contributed by atoms with Crippen LogP contribution in [-0.2, 0) is 6.42 Å². The van der Waals surface area contributed by atoms with Gasteiger partial charge in [-0.05, 0) is 24.6 Å². The molecule has 0 aliphatic carbocycles. The fraction of sp³-hybridized carbons (Fsp3) is 0.267. The van der Waals surface area contributed by atoms with Crippen LogP contribution in [0.2, 0.25) is 0 Å². The highest BCUT2D eigenvalue weighted by atomic mass is 19.1. The molecule has 6 heteroatoms. The summed E-state index contributed by atoms with van der Waals surface area (Å²) < 4.78 is 13.2. The molecule has 0 saturated heterocycles. The Morgan fingerprint density at radius 1 is 1.29 bits per heavy atom. The van der Waals surface area contributed by atoms with Gasteiger partial charge in [-0.2, -0.15) is 5.26 Å². The van der Waals surface area contributed by atoms with Crippen molar-refractivity contribution in [3.05, 3.63) is 41.5 Å². The smallest absolute Gasteiger partial charge is 0.139 e. The van der Waals surface area contributed by atoms with Crippen molar-refractivity contribution in [1.82, 2.24) is 9.97 Å². The van der Waals surface area contributed by atoms with Gasteiger partial charge in [0.05, 0.1) is 11.3 Å². The second kappa shape index (κ2) is 6.66. The minimum absolute atomic E-state index is 0.238. The monoisotopic (exact) mass is 285 g/mol. The molecule has 0 unspecified atom stereocenters. The predicted octanol–water partition coefficient (Wildman–Crippen LogP) is 3.23. The number of hydrogen-bond acceptors (Lipinski definition) is 5. The van der Waals surface area contributed by atoms with Gasteiger partial charge in [-0.25, -0.2) is 14.4 Å². The SMILES string of the molecule is CCCc1c(NC)ncnc1Nc1ccc(F)cc1C#N. The van der Waals surface area contributed by atoms with Crippen LogP contribution in [0, 0.1) is 17.1 Å². The maximum absolute atomic E-state index is 13.2. The summed E-state index contributed by atoms with van der Waals surface area (Å²) in [5.41, 5.74) is 1.70. The number of hydrogen-bond donors (Lipinski definition) is 2. The third-order valence-electron chi connectivity index (χ3n) is 3.04. The summed E-state index contributed by atoms with van der Waals surface area (Å²) in [4.78, 5) is 8.42. The maximum Gasteiger partial charge on any atom is 0.139 e. The molecule has 1 aromatic carbocycles. The Balaban J connectivity index is 2.42. The first-order valence-corrected chi connectivity index (χ1v) is 6.67. The van der Waals surface area contributed by atoms with Crippen molar-refractivity contribution >= 4 is 17.3 Å². The zero-order valence-corrected chi connectivity index (χ0v) is 11.9. The lowest BCUT2D eigenvalue weighted by Crippen LogP contribution is -2.06. The highest BCUT2D eigenvalue weighted by molar-refractivity contribution is 5.69. The fourth-order valence-corrected chi connectivity index (χ4v) is 2.07. The third-order valence-corrected chi connectivity index (χ3v) is 3.04. The van der Waals surface area contributed by atoms with E-state index in [-0.39, 0.29) is 5.56 Å². The van der Waals surface area contributed by atoms with Crippen LogP contribution in [0.3, 0.4) is 0 Å².